The van der Waals surface area contributed by atoms with Crippen molar-refractivity contribution in [2.24, 2.45) is 0 Å². The van der Waals surface area contributed by atoms with Gasteiger partial charge in [-0.3, -0.25) is 0 Å². The number of aromatic nitrogens is 1. The second-order valence-electron chi connectivity index (χ2n) is 6.27. The van der Waals surface area contributed by atoms with Crippen LogP contribution in [0.4, 0.5) is 0 Å². The third kappa shape index (κ3) is 4.18. The van der Waals surface area contributed by atoms with Crippen LogP contribution in [0.3, 0.4) is 0 Å². The van der Waals surface area contributed by atoms with E-state index in [4.69, 9.17) is 0 Å². The molecule has 0 saturated heterocycles. The molecule has 0 N–H and O–H groups in total. The Bertz CT molecular complexity index is 1190. The third-order valence-corrected chi connectivity index (χ3v) is 6.40. The lowest BCUT2D eigenvalue weighted by atomic mass is 10.1. The zero-order chi connectivity index (χ0) is 19.6. The number of hydrogen-bond acceptors (Lipinski definition) is 4. The van der Waals surface area contributed by atoms with Crippen molar-refractivity contribution in [2.45, 2.75) is 32.2 Å². The molecule has 3 aromatic carbocycles. The first-order valence-electron chi connectivity index (χ1n) is 8.64. The molecule has 4 nitrogen and oxygen atoms in total. The molecule has 4 aromatic rings. The fraction of sp³-hybridized carbons (Fsp3) is 0.190. The maximum atomic E-state index is 10.4. The second kappa shape index (κ2) is 7.76. The van der Waals surface area contributed by atoms with Crippen LogP contribution < -0.4 is 4.57 Å². The first-order chi connectivity index (χ1) is 12.8. The van der Waals surface area contributed by atoms with Crippen LogP contribution in [0.1, 0.15) is 17.5 Å². The molecule has 1 aromatic heterocycles. The summed E-state index contributed by atoms with van der Waals surface area (Å²) in [5, 5.41) is 4.09. The van der Waals surface area contributed by atoms with Gasteiger partial charge in [0.1, 0.15) is 21.4 Å². The number of benzene rings is 3. The third-order valence-electron chi connectivity index (χ3n) is 4.41. The van der Waals surface area contributed by atoms with Crippen molar-refractivity contribution in [3.05, 3.63) is 71.2 Å². The van der Waals surface area contributed by atoms with E-state index in [2.05, 4.69) is 54.8 Å². The van der Waals surface area contributed by atoms with Gasteiger partial charge in [-0.25, -0.2) is 8.42 Å². The van der Waals surface area contributed by atoms with E-state index < -0.39 is 10.1 Å². The molecule has 6 heteroatoms. The van der Waals surface area contributed by atoms with Gasteiger partial charge in [-0.1, -0.05) is 53.3 Å². The normalized spacial score (nSPS) is 11.4. The van der Waals surface area contributed by atoms with Crippen molar-refractivity contribution in [2.75, 3.05) is 0 Å². The van der Waals surface area contributed by atoms with Gasteiger partial charge in [0.05, 0.1) is 4.90 Å². The summed E-state index contributed by atoms with van der Waals surface area (Å²) in [6.45, 7) is 7.27. The Morgan fingerprint density at radius 3 is 2.26 bits per heavy atom. The highest BCUT2D eigenvalue weighted by Gasteiger charge is 2.16. The maximum Gasteiger partial charge on any atom is 0.235 e. The molecule has 27 heavy (non-hydrogen) atoms. The molecule has 4 rings (SSSR count). The van der Waals surface area contributed by atoms with Crippen molar-refractivity contribution in [1.82, 2.24) is 0 Å². The molecule has 0 spiro atoms. The summed E-state index contributed by atoms with van der Waals surface area (Å²) < 4.78 is 35.0. The fourth-order valence-electron chi connectivity index (χ4n) is 3.02. The van der Waals surface area contributed by atoms with Crippen LogP contribution in [0, 0.1) is 13.8 Å². The van der Waals surface area contributed by atoms with Crippen LogP contribution in [-0.2, 0) is 16.7 Å². The van der Waals surface area contributed by atoms with E-state index >= 15 is 0 Å². The quantitative estimate of drug-likeness (QED) is 0.366. The minimum absolute atomic E-state index is 0.178. The van der Waals surface area contributed by atoms with Gasteiger partial charge in [0.25, 0.3) is 0 Å². The van der Waals surface area contributed by atoms with Crippen LogP contribution in [0.15, 0.2) is 65.6 Å². The maximum absolute atomic E-state index is 10.4. The van der Waals surface area contributed by atoms with Crippen LogP contribution in [0.5, 0.6) is 0 Å². The predicted molar refractivity (Wildman–Crippen MR) is 109 cm³/mol. The van der Waals surface area contributed by atoms with Crippen LogP contribution in [-0.4, -0.2) is 13.0 Å². The first-order valence-corrected chi connectivity index (χ1v) is 10.9. The number of nitrogens with zero attached hydrogens (tertiary/aromatic N) is 1. The van der Waals surface area contributed by atoms with Crippen molar-refractivity contribution >= 4 is 42.4 Å². The summed E-state index contributed by atoms with van der Waals surface area (Å²) in [6.07, 6.45) is 0. The van der Waals surface area contributed by atoms with Crippen molar-refractivity contribution in [3.63, 3.8) is 0 Å². The monoisotopic (exact) mass is 399 g/mol. The molecular weight excluding hydrogens is 378 g/mol. The van der Waals surface area contributed by atoms with E-state index in [-0.39, 0.29) is 4.90 Å². The Morgan fingerprint density at radius 1 is 0.963 bits per heavy atom. The summed E-state index contributed by atoms with van der Waals surface area (Å²) in [7, 11) is -4.27. The highest BCUT2D eigenvalue weighted by atomic mass is 32.2. The highest BCUT2D eigenvalue weighted by molar-refractivity contribution is 7.85. The molecule has 0 aliphatic carbocycles. The highest BCUT2D eigenvalue weighted by Crippen LogP contribution is 2.28. The first kappa shape index (κ1) is 19.5. The average Bonchev–Trinajstić information content (AvgIpc) is 2.97. The van der Waals surface area contributed by atoms with Gasteiger partial charge in [0, 0.05) is 18.4 Å². The Morgan fingerprint density at radius 2 is 1.63 bits per heavy atom. The molecule has 140 valence electrons. The predicted octanol–water partition coefficient (Wildman–Crippen LogP) is 4.57. The van der Waals surface area contributed by atoms with Crippen LogP contribution in [0.25, 0.3) is 21.0 Å². The molecule has 0 radical (unpaired) electrons. The average molecular weight is 400 g/mol. The van der Waals surface area contributed by atoms with Crippen LogP contribution in [0.2, 0.25) is 0 Å². The summed E-state index contributed by atoms with van der Waals surface area (Å²) in [4.78, 5) is -0.178. The Hall–Kier alpha value is -2.28. The lowest BCUT2D eigenvalue weighted by Crippen LogP contribution is -2.33. The molecule has 0 unspecified atom stereocenters. The van der Waals surface area contributed by atoms with Crippen molar-refractivity contribution < 1.29 is 17.5 Å². The fourth-order valence-corrected chi connectivity index (χ4v) is 4.70. The lowest BCUT2D eigenvalue weighted by molar-refractivity contribution is -0.669. The van der Waals surface area contributed by atoms with Gasteiger partial charge in [-0.05, 0) is 37.4 Å². The van der Waals surface area contributed by atoms with E-state index in [0.717, 1.165) is 12.1 Å². The lowest BCUT2D eigenvalue weighted by Gasteiger charge is -2.05. The number of thiazole rings is 1. The van der Waals surface area contributed by atoms with E-state index in [1.165, 1.54) is 38.1 Å². The summed E-state index contributed by atoms with van der Waals surface area (Å²) in [6, 6.07) is 18.9. The summed E-state index contributed by atoms with van der Waals surface area (Å²) >= 11 is 1.90. The molecule has 0 aliphatic heterocycles. The number of aryl methyl sites for hydroxylation is 3. The molecule has 0 saturated carbocycles. The number of fused-ring (bicyclic) bond motifs is 3. The topological polar surface area (TPSA) is 61.1 Å². The van der Waals surface area contributed by atoms with E-state index in [9.17, 15) is 13.0 Å². The van der Waals surface area contributed by atoms with Crippen molar-refractivity contribution in [1.29, 1.82) is 0 Å². The molecule has 0 bridgehead atoms. The molecule has 0 fully saturated rings. The Labute approximate surface area is 163 Å². The van der Waals surface area contributed by atoms with Gasteiger partial charge in [0.15, 0.2) is 0 Å². The smallest absolute Gasteiger partial charge is 0.235 e. The molecular formula is C21H21NO3S2. The van der Waals surface area contributed by atoms with Gasteiger partial charge in [-0.15, -0.1) is 0 Å². The molecule has 0 aliphatic rings. The standard InChI is InChI=1S/C14H14NS.C7H8O3S/c1-3-15-10(2)16-14-12-7-5-4-6-11(12)8-9-13(14)15;1-6-2-4-7(5-3-6)11(8,9)10/h4-9H,3H2,1-2H3;2-5H,1H3,(H,8,9,10)/q+1;/p-1. The zero-order valence-electron chi connectivity index (χ0n) is 15.5. The minimum atomic E-state index is -4.27. The van der Waals surface area contributed by atoms with Crippen molar-refractivity contribution in [3.8, 4) is 0 Å². The molecule has 0 amide bonds. The SMILES string of the molecule is CC[n+]1c(C)sc2c3ccccc3ccc21.Cc1ccc(S(=O)(=O)[O-])cc1. The van der Waals surface area contributed by atoms with Gasteiger partial charge in [0.2, 0.25) is 10.5 Å². The van der Waals surface area contributed by atoms with Gasteiger partial charge >= 0.3 is 0 Å². The molecule has 1 heterocycles. The molecule has 0 atom stereocenters. The van der Waals surface area contributed by atoms with E-state index in [0.29, 0.717) is 0 Å². The largest absolute Gasteiger partial charge is 0.744 e. The second-order valence-corrected chi connectivity index (χ2v) is 8.85. The van der Waals surface area contributed by atoms with E-state index in [1.54, 1.807) is 12.1 Å². The van der Waals surface area contributed by atoms with Gasteiger partial charge < -0.3 is 4.55 Å². The summed E-state index contributed by atoms with van der Waals surface area (Å²) in [5.74, 6) is 0. The van der Waals surface area contributed by atoms with E-state index in [1.807, 2.05) is 18.3 Å². The Kier molecular flexibility index (Phi) is 5.60. The summed E-state index contributed by atoms with van der Waals surface area (Å²) in [5.41, 5.74) is 2.29. The minimum Gasteiger partial charge on any atom is -0.744 e. The number of rotatable bonds is 2. The Balaban J connectivity index is 0.000000168. The van der Waals surface area contributed by atoms with Gasteiger partial charge in [-0.2, -0.15) is 4.57 Å². The van der Waals surface area contributed by atoms with Crippen LogP contribution >= 0.6 is 11.3 Å². The number of hydrogen-bond donors (Lipinski definition) is 0. The zero-order valence-corrected chi connectivity index (χ0v) is 17.1.